The van der Waals surface area contributed by atoms with Crippen LogP contribution < -0.4 is 21.3 Å². The predicted octanol–water partition coefficient (Wildman–Crippen LogP) is 1.12. The van der Waals surface area contributed by atoms with Gasteiger partial charge in [-0.3, -0.25) is 19.8 Å². The molecule has 0 aromatic heterocycles. The number of ether oxygens (including phenoxy) is 2. The van der Waals surface area contributed by atoms with Crippen LogP contribution in [0.2, 0.25) is 0 Å². The Morgan fingerprint density at radius 3 is 2.28 bits per heavy atom. The summed E-state index contributed by atoms with van der Waals surface area (Å²) in [6, 6.07) is 6.71. The molecule has 1 fully saturated rings. The lowest BCUT2D eigenvalue weighted by Crippen LogP contribution is -2.39. The third-order valence-electron chi connectivity index (χ3n) is 4.05. The number of carbonyl (C=O) groups is 3. The molecule has 0 bridgehead atoms. The molecule has 1 aliphatic rings. The van der Waals surface area contributed by atoms with Crippen molar-refractivity contribution in [1.82, 2.24) is 5.43 Å². The van der Waals surface area contributed by atoms with Crippen molar-refractivity contribution in [2.24, 2.45) is 11.8 Å². The number of anilines is 1. The Kier molecular flexibility index (Phi) is 6.76. The first-order valence-corrected chi connectivity index (χ1v) is 8.28. The highest BCUT2D eigenvalue weighted by Gasteiger charge is 2.28. The van der Waals surface area contributed by atoms with Gasteiger partial charge in [-0.05, 0) is 56.9 Å². The van der Waals surface area contributed by atoms with Crippen molar-refractivity contribution in [2.75, 3.05) is 11.9 Å². The molecule has 0 saturated heterocycles. The minimum atomic E-state index is -0.918. The number of nitrogens with two attached hydrogens (primary N) is 1. The predicted molar refractivity (Wildman–Crippen MR) is 90.4 cm³/mol. The lowest BCUT2D eigenvalue weighted by molar-refractivity contribution is -0.149. The summed E-state index contributed by atoms with van der Waals surface area (Å²) in [4.78, 5) is 34.2. The topological polar surface area (TPSA) is 120 Å². The molecule has 1 aromatic rings. The summed E-state index contributed by atoms with van der Waals surface area (Å²) >= 11 is 0. The summed E-state index contributed by atoms with van der Waals surface area (Å²) in [7, 11) is 0. The Morgan fingerprint density at radius 2 is 1.72 bits per heavy atom. The fraction of sp³-hybridized carbons (Fsp3) is 0.471. The Balaban J connectivity index is 1.81. The van der Waals surface area contributed by atoms with Crippen LogP contribution in [0.4, 0.5) is 5.69 Å². The average molecular weight is 349 g/mol. The van der Waals surface area contributed by atoms with Gasteiger partial charge in [0.05, 0.1) is 18.6 Å². The maximum Gasteiger partial charge on any atom is 0.323 e. The maximum atomic E-state index is 11.7. The van der Waals surface area contributed by atoms with Crippen LogP contribution >= 0.6 is 0 Å². The van der Waals surface area contributed by atoms with Crippen molar-refractivity contribution in [1.29, 1.82) is 0 Å². The zero-order valence-electron chi connectivity index (χ0n) is 14.1. The summed E-state index contributed by atoms with van der Waals surface area (Å²) in [5.41, 5.74) is 2.23. The molecular weight excluding hydrogens is 326 g/mol. The van der Waals surface area contributed by atoms with E-state index in [1.54, 1.807) is 36.6 Å². The van der Waals surface area contributed by atoms with Gasteiger partial charge in [0, 0.05) is 5.69 Å². The van der Waals surface area contributed by atoms with Crippen LogP contribution in [0.3, 0.4) is 0 Å². The van der Waals surface area contributed by atoms with Gasteiger partial charge in [0.2, 0.25) is 0 Å². The molecule has 0 radical (unpaired) electrons. The van der Waals surface area contributed by atoms with Gasteiger partial charge in [-0.1, -0.05) is 0 Å². The van der Waals surface area contributed by atoms with Gasteiger partial charge in [0.25, 0.3) is 0 Å². The second kappa shape index (κ2) is 9.03. The Hall–Kier alpha value is -2.61. The van der Waals surface area contributed by atoms with Crippen LogP contribution in [0, 0.1) is 5.92 Å². The Morgan fingerprint density at radius 1 is 1.08 bits per heavy atom. The first-order chi connectivity index (χ1) is 12.0. The van der Waals surface area contributed by atoms with Crippen LogP contribution in [0.15, 0.2) is 24.3 Å². The molecule has 4 N–H and O–H groups in total. The highest BCUT2D eigenvalue weighted by atomic mass is 16.5. The summed E-state index contributed by atoms with van der Waals surface area (Å²) in [6.45, 7) is 2.21. The summed E-state index contributed by atoms with van der Waals surface area (Å²) in [5.74, 6) is 3.64. The molecule has 0 spiro atoms. The van der Waals surface area contributed by atoms with Crippen molar-refractivity contribution in [3.8, 4) is 5.75 Å². The highest BCUT2D eigenvalue weighted by molar-refractivity contribution is 6.39. The molecule has 8 nitrogen and oxygen atoms in total. The van der Waals surface area contributed by atoms with E-state index in [1.165, 1.54) is 0 Å². The third kappa shape index (κ3) is 5.46. The van der Waals surface area contributed by atoms with Crippen molar-refractivity contribution in [2.45, 2.75) is 38.7 Å². The zero-order chi connectivity index (χ0) is 18.2. The fourth-order valence-electron chi connectivity index (χ4n) is 2.74. The molecule has 136 valence electrons. The lowest BCUT2D eigenvalue weighted by Gasteiger charge is -2.27. The van der Waals surface area contributed by atoms with Gasteiger partial charge < -0.3 is 14.8 Å². The standard InChI is InChI=1S/C17H23N3O5/c1-2-24-17(23)11-3-7-13(8-4-11)25-14-9-5-12(6-10-14)19-15(21)16(22)20-18/h5-6,9-11,13H,2-4,7-8,18H2,1H3,(H,19,21)(H,20,22)/t11-,13-. The van der Waals surface area contributed by atoms with E-state index in [0.29, 0.717) is 18.0 Å². The second-order valence-corrected chi connectivity index (χ2v) is 5.80. The SMILES string of the molecule is CCOC(=O)[C@H]1CC[C@H](Oc2ccc(NC(=O)C(=O)NN)cc2)CC1. The van der Waals surface area contributed by atoms with Crippen molar-refractivity contribution >= 4 is 23.5 Å². The van der Waals surface area contributed by atoms with Crippen LogP contribution in [0.25, 0.3) is 0 Å². The summed E-state index contributed by atoms with van der Waals surface area (Å²) in [5, 5.41) is 2.42. The Bertz CT molecular complexity index is 609. The molecule has 2 rings (SSSR count). The first-order valence-electron chi connectivity index (χ1n) is 8.28. The number of hydrazine groups is 1. The van der Waals surface area contributed by atoms with Gasteiger partial charge in [-0.25, -0.2) is 5.84 Å². The highest BCUT2D eigenvalue weighted by Crippen LogP contribution is 2.29. The van der Waals surface area contributed by atoms with Crippen molar-refractivity contribution in [3.63, 3.8) is 0 Å². The van der Waals surface area contributed by atoms with Gasteiger partial charge in [0.1, 0.15) is 5.75 Å². The third-order valence-corrected chi connectivity index (χ3v) is 4.05. The van der Waals surface area contributed by atoms with E-state index in [-0.39, 0.29) is 18.0 Å². The molecule has 1 aromatic carbocycles. The lowest BCUT2D eigenvalue weighted by atomic mass is 9.87. The number of esters is 1. The van der Waals surface area contributed by atoms with Gasteiger partial charge >= 0.3 is 17.8 Å². The van der Waals surface area contributed by atoms with E-state index in [9.17, 15) is 14.4 Å². The fourth-order valence-corrected chi connectivity index (χ4v) is 2.74. The zero-order valence-corrected chi connectivity index (χ0v) is 14.1. The summed E-state index contributed by atoms with van der Waals surface area (Å²) < 4.78 is 11.0. The quantitative estimate of drug-likeness (QED) is 0.241. The minimum absolute atomic E-state index is 0.0360. The van der Waals surface area contributed by atoms with Gasteiger partial charge in [0.15, 0.2) is 0 Å². The smallest absolute Gasteiger partial charge is 0.323 e. The monoisotopic (exact) mass is 349 g/mol. The first kappa shape index (κ1) is 18.7. The molecule has 0 atom stereocenters. The van der Waals surface area contributed by atoms with Gasteiger partial charge in [-0.15, -0.1) is 0 Å². The van der Waals surface area contributed by atoms with Crippen LogP contribution in [0.5, 0.6) is 5.75 Å². The van der Waals surface area contributed by atoms with E-state index in [1.807, 2.05) is 0 Å². The molecule has 0 heterocycles. The van der Waals surface area contributed by atoms with Crippen LogP contribution in [-0.2, 0) is 19.1 Å². The van der Waals surface area contributed by atoms with Crippen molar-refractivity contribution < 1.29 is 23.9 Å². The normalized spacial score (nSPS) is 19.6. The van der Waals surface area contributed by atoms with Crippen LogP contribution in [0.1, 0.15) is 32.6 Å². The van der Waals surface area contributed by atoms with Crippen LogP contribution in [-0.4, -0.2) is 30.5 Å². The van der Waals surface area contributed by atoms with E-state index in [0.717, 1.165) is 25.7 Å². The van der Waals surface area contributed by atoms with E-state index >= 15 is 0 Å². The molecule has 0 unspecified atom stereocenters. The molecule has 25 heavy (non-hydrogen) atoms. The number of hydrogen-bond acceptors (Lipinski definition) is 6. The second-order valence-electron chi connectivity index (χ2n) is 5.80. The molecule has 8 heteroatoms. The van der Waals surface area contributed by atoms with Gasteiger partial charge in [-0.2, -0.15) is 0 Å². The average Bonchev–Trinajstić information content (AvgIpc) is 2.63. The summed E-state index contributed by atoms with van der Waals surface area (Å²) in [6.07, 6.45) is 3.14. The van der Waals surface area contributed by atoms with E-state index in [2.05, 4.69) is 5.32 Å². The maximum absolute atomic E-state index is 11.7. The minimum Gasteiger partial charge on any atom is -0.490 e. The molecule has 2 amide bonds. The Labute approximate surface area is 146 Å². The largest absolute Gasteiger partial charge is 0.490 e. The number of carbonyl (C=O) groups excluding carboxylic acids is 3. The van der Waals surface area contributed by atoms with Crippen molar-refractivity contribution in [3.05, 3.63) is 24.3 Å². The molecule has 1 aliphatic carbocycles. The number of nitrogens with one attached hydrogen (secondary N) is 2. The molecule has 0 aliphatic heterocycles. The molecular formula is C17H23N3O5. The number of benzene rings is 1. The number of amides is 2. The van der Waals surface area contributed by atoms with E-state index in [4.69, 9.17) is 15.3 Å². The number of rotatable bonds is 5. The molecule has 1 saturated carbocycles. The van der Waals surface area contributed by atoms with E-state index < -0.39 is 11.8 Å². The number of hydrogen-bond donors (Lipinski definition) is 3.